The summed E-state index contributed by atoms with van der Waals surface area (Å²) in [5.41, 5.74) is 4.11. The lowest BCUT2D eigenvalue weighted by atomic mass is 9.58. The smallest absolute Gasteiger partial charge is 0.488 e. The van der Waals surface area contributed by atoms with Crippen molar-refractivity contribution in [2.24, 2.45) is 17.8 Å². The van der Waals surface area contributed by atoms with Crippen LogP contribution in [0.4, 0.5) is 5.69 Å². The van der Waals surface area contributed by atoms with Gasteiger partial charge in [0.15, 0.2) is 0 Å². The molecule has 2 aliphatic heterocycles. The Balaban J connectivity index is 1.32. The molecule has 0 bridgehead atoms. The summed E-state index contributed by atoms with van der Waals surface area (Å²) in [6.45, 7) is 8.94. The van der Waals surface area contributed by atoms with Gasteiger partial charge in [-0.2, -0.15) is 0 Å². The van der Waals surface area contributed by atoms with Crippen LogP contribution in [0.15, 0.2) is 126 Å². The zero-order chi connectivity index (χ0) is 40.5. The highest BCUT2D eigenvalue weighted by Crippen LogP contribution is 2.52. The second kappa shape index (κ2) is 16.7. The number of phenols is 1. The van der Waals surface area contributed by atoms with Crippen molar-refractivity contribution in [1.29, 1.82) is 0 Å². The van der Waals surface area contributed by atoms with Crippen molar-refractivity contribution < 1.29 is 38.8 Å². The molecule has 0 spiro atoms. The Morgan fingerprint density at radius 2 is 1.56 bits per heavy atom. The third-order valence-corrected chi connectivity index (χ3v) is 17.1. The molecule has 1 aliphatic carbocycles. The largest absolute Gasteiger partial charge is 0.507 e. The van der Waals surface area contributed by atoms with Gasteiger partial charge >= 0.3 is 14.2 Å². The second-order valence-electron chi connectivity index (χ2n) is 16.5. The summed E-state index contributed by atoms with van der Waals surface area (Å²) in [5.74, 6) is -2.46. The summed E-state index contributed by atoms with van der Waals surface area (Å²) in [6.07, 6.45) is 3.74. The number of aromatic hydroxyl groups is 1. The highest BCUT2D eigenvalue weighted by Gasteiger charge is 2.58. The third kappa shape index (κ3) is 7.87. The predicted octanol–water partition coefficient (Wildman–Crippen LogP) is 5.22. The summed E-state index contributed by atoms with van der Waals surface area (Å²) >= 11 is 0. The van der Waals surface area contributed by atoms with Crippen molar-refractivity contribution in [2.45, 2.75) is 70.8 Å². The molecule has 9 nitrogen and oxygen atoms in total. The molecule has 0 aromatic heterocycles. The number of carbonyl (C=O) groups is 2. The first kappa shape index (κ1) is 40.6. The van der Waals surface area contributed by atoms with E-state index in [1.807, 2.05) is 54.6 Å². The molecule has 2 fully saturated rings. The first-order valence-electron chi connectivity index (χ1n) is 20.0. The van der Waals surface area contributed by atoms with Crippen LogP contribution in [0.5, 0.6) is 5.75 Å². The normalized spacial score (nSPS) is 21.5. The Kier molecular flexibility index (Phi) is 11.9. The topological polar surface area (TPSA) is 137 Å². The molecule has 7 rings (SSSR count). The number of benzene rings is 4. The van der Waals surface area contributed by atoms with Gasteiger partial charge in [-0.25, -0.2) is 0 Å². The second-order valence-corrected chi connectivity index (χ2v) is 20.8. The molecule has 12 heteroatoms. The summed E-state index contributed by atoms with van der Waals surface area (Å²) in [7, 11) is -5.95. The Hall–Kier alpha value is -4.55. The summed E-state index contributed by atoms with van der Waals surface area (Å²) < 4.78 is 13.9. The zero-order valence-corrected chi connectivity index (χ0v) is 34.0. The van der Waals surface area contributed by atoms with Gasteiger partial charge in [0.2, 0.25) is 11.8 Å². The average molecular weight is 784 g/mol. The van der Waals surface area contributed by atoms with Gasteiger partial charge in [-0.1, -0.05) is 130 Å². The van der Waals surface area contributed by atoms with Crippen molar-refractivity contribution in [1.82, 2.24) is 0 Å². The fourth-order valence-electron chi connectivity index (χ4n) is 9.43. The Labute approximate surface area is 337 Å². The van der Waals surface area contributed by atoms with E-state index in [1.165, 1.54) is 17.0 Å². The highest BCUT2D eigenvalue weighted by molar-refractivity contribution is 6.99. The van der Waals surface area contributed by atoms with Gasteiger partial charge in [-0.15, -0.1) is 0 Å². The van der Waals surface area contributed by atoms with Crippen LogP contribution in [0.1, 0.15) is 58.9 Å². The number of imide groups is 1. The van der Waals surface area contributed by atoms with E-state index in [4.69, 9.17) is 9.08 Å². The van der Waals surface area contributed by atoms with Crippen LogP contribution in [0.2, 0.25) is 11.4 Å². The molecule has 2 amide bonds. The maximum absolute atomic E-state index is 14.6. The van der Waals surface area contributed by atoms with Crippen LogP contribution in [0.3, 0.4) is 0 Å². The van der Waals surface area contributed by atoms with E-state index in [0.717, 1.165) is 39.1 Å². The molecule has 4 aromatic rings. The van der Waals surface area contributed by atoms with E-state index < -0.39 is 46.4 Å². The molecule has 4 aromatic carbocycles. The minimum atomic E-state index is -3.03. The number of carbonyl (C=O) groups excluding carboxylic acids is 2. The standard InChI is InChI=1S/C45H51B2NO8Si/c1-5-30(25-31-15-12-13-22-39(31)49)23-24-40-41-32(29-55-57(45(2,3)4,35-18-8-6-9-19-35)36-20-10-7-11-21-36)26-37-42(38(41)28-46(52)56-40)44(51)48(43(37)50)34-17-14-16-33(27-34)47(53)54/h6-22,25,27,37-38,40,42,49,52-54H,5,23-24,26,28-29H2,1-4H3/b30-25+/t37-,38+,40-,42-/m1/s1. The molecule has 3 aliphatic rings. The van der Waals surface area contributed by atoms with E-state index in [9.17, 15) is 29.8 Å². The Morgan fingerprint density at radius 3 is 2.18 bits per heavy atom. The van der Waals surface area contributed by atoms with Gasteiger partial charge in [-0.05, 0) is 88.1 Å². The van der Waals surface area contributed by atoms with Gasteiger partial charge in [0.1, 0.15) is 5.75 Å². The number of nitrogens with zero attached hydrogens (tertiary/aromatic N) is 1. The van der Waals surface area contributed by atoms with E-state index in [1.54, 1.807) is 24.3 Å². The van der Waals surface area contributed by atoms with E-state index in [0.29, 0.717) is 12.8 Å². The lowest BCUT2D eigenvalue weighted by Crippen LogP contribution is -2.66. The van der Waals surface area contributed by atoms with Gasteiger partial charge in [0, 0.05) is 5.56 Å². The summed E-state index contributed by atoms with van der Waals surface area (Å²) in [5, 5.41) is 43.6. The van der Waals surface area contributed by atoms with Crippen LogP contribution >= 0.6 is 0 Å². The van der Waals surface area contributed by atoms with E-state index in [2.05, 4.69) is 52.0 Å². The molecule has 0 saturated carbocycles. The number of phenolic OH excluding ortho intramolecular Hbond substituents is 1. The van der Waals surface area contributed by atoms with E-state index in [-0.39, 0.29) is 53.1 Å². The minimum Gasteiger partial charge on any atom is -0.507 e. The number of para-hydroxylation sites is 1. The first-order chi connectivity index (χ1) is 27.3. The lowest BCUT2D eigenvalue weighted by Gasteiger charge is -2.46. The molecule has 2 heterocycles. The molecule has 0 unspecified atom stereocenters. The van der Waals surface area contributed by atoms with Crippen LogP contribution < -0.4 is 20.7 Å². The van der Waals surface area contributed by atoms with E-state index >= 15 is 0 Å². The van der Waals surface area contributed by atoms with Crippen molar-refractivity contribution >= 4 is 62.0 Å². The monoisotopic (exact) mass is 783 g/mol. The number of fused-ring (bicyclic) bond motifs is 3. The van der Waals surface area contributed by atoms with Crippen LogP contribution in [0, 0.1) is 17.8 Å². The Morgan fingerprint density at radius 1 is 0.912 bits per heavy atom. The molecule has 0 radical (unpaired) electrons. The average Bonchev–Trinajstić information content (AvgIpc) is 3.45. The molecular weight excluding hydrogens is 732 g/mol. The van der Waals surface area contributed by atoms with Crippen molar-refractivity contribution in [2.75, 3.05) is 11.5 Å². The molecule has 2 saturated heterocycles. The number of amides is 2. The highest BCUT2D eigenvalue weighted by atomic mass is 28.4. The number of anilines is 1. The third-order valence-electron chi connectivity index (χ3n) is 12.1. The van der Waals surface area contributed by atoms with Crippen LogP contribution in [-0.4, -0.2) is 67.3 Å². The molecule has 294 valence electrons. The Bertz CT molecular complexity index is 2120. The molecule has 4 N–H and O–H groups in total. The minimum absolute atomic E-state index is 0.145. The van der Waals surface area contributed by atoms with Crippen molar-refractivity contribution in [3.63, 3.8) is 0 Å². The van der Waals surface area contributed by atoms with Crippen molar-refractivity contribution in [3.05, 3.63) is 131 Å². The maximum Gasteiger partial charge on any atom is 0.488 e. The fourth-order valence-corrected chi connectivity index (χ4v) is 14.0. The fraction of sp³-hybridized carbons (Fsp3) is 0.333. The summed E-state index contributed by atoms with van der Waals surface area (Å²) in [6, 6.07) is 34.2. The van der Waals surface area contributed by atoms with Gasteiger partial charge < -0.3 is 29.3 Å². The van der Waals surface area contributed by atoms with Gasteiger partial charge in [0.25, 0.3) is 8.32 Å². The molecule has 4 atom stereocenters. The number of rotatable bonds is 12. The number of hydrogen-bond acceptors (Lipinski definition) is 8. The molecule has 57 heavy (non-hydrogen) atoms. The van der Waals surface area contributed by atoms with Crippen LogP contribution in [0.25, 0.3) is 6.08 Å². The molecular formula is C45H51B2NO8Si. The van der Waals surface area contributed by atoms with Gasteiger partial charge in [0.05, 0.1) is 30.2 Å². The predicted molar refractivity (Wildman–Crippen MR) is 228 cm³/mol. The first-order valence-corrected chi connectivity index (χ1v) is 21.9. The zero-order valence-electron chi connectivity index (χ0n) is 33.0. The van der Waals surface area contributed by atoms with Gasteiger partial charge in [-0.3, -0.25) is 14.5 Å². The number of hydrogen-bond donors (Lipinski definition) is 4. The summed E-state index contributed by atoms with van der Waals surface area (Å²) in [4.78, 5) is 30.2. The van der Waals surface area contributed by atoms with Crippen LogP contribution in [-0.2, 0) is 18.7 Å². The quantitative estimate of drug-likeness (QED) is 0.0873. The maximum atomic E-state index is 14.6. The number of allylic oxidation sites excluding steroid dienone is 1. The lowest BCUT2D eigenvalue weighted by molar-refractivity contribution is -0.122. The SMILES string of the molecule is CC/C(=C\c1ccccc1O)CC[C@H]1OB(O)C[C@H]2C1=C(CO[Si](c1ccccc1)(c1ccccc1)C(C)(C)C)C[C@H]1C(=O)N(c3cccc(B(O)O)c3)C(=O)[C@H]12. The van der Waals surface area contributed by atoms with Crippen molar-refractivity contribution in [3.8, 4) is 5.75 Å².